The van der Waals surface area contributed by atoms with Crippen molar-refractivity contribution >= 4 is 31.7 Å². The molecular weight excluding hydrogens is 382 g/mol. The summed E-state index contributed by atoms with van der Waals surface area (Å²) in [5.74, 6) is 0. The molecular formula is C16H28Cl2SiZr-4. The van der Waals surface area contributed by atoms with Gasteiger partial charge >= 0.3 is 30.2 Å². The van der Waals surface area contributed by atoms with Crippen molar-refractivity contribution in [2.45, 2.75) is 39.5 Å². The fourth-order valence-corrected chi connectivity index (χ4v) is 1.37. The van der Waals surface area contributed by atoms with E-state index in [0.29, 0.717) is 0 Å². The first-order valence-corrected chi connectivity index (χ1v) is 11.7. The Labute approximate surface area is 156 Å². The van der Waals surface area contributed by atoms with Gasteiger partial charge in [0.05, 0.1) is 0 Å². The Morgan fingerprint density at radius 3 is 1.30 bits per heavy atom. The van der Waals surface area contributed by atoms with Crippen molar-refractivity contribution in [3.8, 4) is 0 Å². The average molecular weight is 411 g/mol. The molecule has 0 saturated carbocycles. The normalized spacial score (nSPS) is 12.4. The van der Waals surface area contributed by atoms with E-state index in [1.54, 1.807) is 23.3 Å². The first-order chi connectivity index (χ1) is 7.86. The van der Waals surface area contributed by atoms with Gasteiger partial charge in [-0.1, -0.05) is 26.7 Å². The van der Waals surface area contributed by atoms with Crippen LogP contribution in [-0.2, 0) is 23.3 Å². The van der Waals surface area contributed by atoms with E-state index in [-0.39, 0.29) is 39.7 Å². The molecule has 0 aromatic heterocycles. The molecule has 0 aliphatic heterocycles. The summed E-state index contributed by atoms with van der Waals surface area (Å²) in [7, 11) is 0. The van der Waals surface area contributed by atoms with E-state index in [2.05, 4.69) is 50.3 Å². The molecule has 118 valence electrons. The van der Waals surface area contributed by atoms with Gasteiger partial charge in [0.15, 0.2) is 0 Å². The van der Waals surface area contributed by atoms with Crippen LogP contribution in [0.3, 0.4) is 0 Å². The van der Waals surface area contributed by atoms with Crippen molar-refractivity contribution in [3.05, 3.63) is 62.5 Å². The molecule has 0 radical (unpaired) electrons. The number of allylic oxidation sites excluding steroid dienone is 8. The topological polar surface area (TPSA) is 0 Å². The quantitative estimate of drug-likeness (QED) is 0.444. The monoisotopic (exact) mass is 408 g/mol. The summed E-state index contributed by atoms with van der Waals surface area (Å²) in [4.78, 5) is 0. The predicted molar refractivity (Wildman–Crippen MR) is 97.5 cm³/mol. The summed E-state index contributed by atoms with van der Waals surface area (Å²) in [6.45, 7) is 6.28. The van der Waals surface area contributed by atoms with E-state index in [9.17, 15) is 0 Å². The summed E-state index contributed by atoms with van der Waals surface area (Å²) in [6, 6.07) is 0. The molecule has 0 saturated heterocycles. The SMILES string of the molecule is CCC1=CC[C-]=C1.CCC1=CC[C-]=C1.Cl.Cl.[CH3-].[CH3-].[SiH2]=[Zr]. The van der Waals surface area contributed by atoms with Gasteiger partial charge in [-0.3, -0.25) is 12.2 Å². The molecule has 2 rings (SSSR count). The van der Waals surface area contributed by atoms with Crippen LogP contribution in [0.2, 0.25) is 0 Å². The second kappa shape index (κ2) is 24.6. The zero-order valence-corrected chi connectivity index (χ0v) is 18.7. The van der Waals surface area contributed by atoms with Crippen LogP contribution in [0.4, 0.5) is 0 Å². The molecule has 0 spiro atoms. The summed E-state index contributed by atoms with van der Waals surface area (Å²) in [6.07, 6.45) is 19.1. The molecule has 0 atom stereocenters. The van der Waals surface area contributed by atoms with Crippen molar-refractivity contribution in [1.29, 1.82) is 0 Å². The Hall–Kier alpha value is 0.640. The van der Waals surface area contributed by atoms with Gasteiger partial charge in [-0.25, -0.2) is 23.3 Å². The molecule has 0 amide bonds. The first-order valence-electron chi connectivity index (χ1n) is 5.73. The van der Waals surface area contributed by atoms with Crippen LogP contribution in [0, 0.1) is 27.0 Å². The van der Waals surface area contributed by atoms with Crippen LogP contribution < -0.4 is 0 Å². The minimum atomic E-state index is 0. The molecule has 0 N–H and O–H groups in total. The van der Waals surface area contributed by atoms with Crippen molar-refractivity contribution < 1.29 is 23.3 Å². The predicted octanol–water partition coefficient (Wildman–Crippen LogP) is 5.00. The van der Waals surface area contributed by atoms with Gasteiger partial charge in [0.2, 0.25) is 0 Å². The van der Waals surface area contributed by atoms with Gasteiger partial charge in [-0.2, -0.15) is 12.2 Å². The standard InChI is InChI=1S/2C7H9.2CH3.2ClH.H2Si.Zr/c2*1-2-7-5-3-4-6-7;;;;;;/h2*5-6H,2-3H2,1H3;2*1H3;2*1H;1H2;/q4*-1;;;;. The fraction of sp³-hybridized carbons (Fsp3) is 0.375. The first kappa shape index (κ1) is 32.5. The van der Waals surface area contributed by atoms with Crippen molar-refractivity contribution in [2.75, 3.05) is 0 Å². The van der Waals surface area contributed by atoms with Gasteiger partial charge in [0, 0.05) is 0 Å². The fourth-order valence-electron chi connectivity index (χ4n) is 1.37. The molecule has 4 heteroatoms. The van der Waals surface area contributed by atoms with E-state index in [1.807, 2.05) is 6.88 Å². The molecule has 0 unspecified atom stereocenters. The summed E-state index contributed by atoms with van der Waals surface area (Å²) < 4.78 is 0. The molecule has 0 aromatic rings. The molecule has 0 nitrogen and oxygen atoms in total. The minimum absolute atomic E-state index is 0. The van der Waals surface area contributed by atoms with Crippen LogP contribution in [0.25, 0.3) is 0 Å². The average Bonchev–Trinajstić information content (AvgIpc) is 3.05. The Bertz CT molecular complexity index is 278. The van der Waals surface area contributed by atoms with Crippen molar-refractivity contribution in [3.63, 3.8) is 0 Å². The number of rotatable bonds is 2. The van der Waals surface area contributed by atoms with Crippen molar-refractivity contribution in [2.24, 2.45) is 0 Å². The molecule has 0 fully saturated rings. The van der Waals surface area contributed by atoms with Gasteiger partial charge in [-0.15, -0.1) is 37.7 Å². The van der Waals surface area contributed by atoms with Gasteiger partial charge in [-0.05, 0) is 0 Å². The second-order valence-electron chi connectivity index (χ2n) is 3.37. The molecule has 0 aromatic carbocycles. The van der Waals surface area contributed by atoms with Crippen LogP contribution >= 0.6 is 24.8 Å². The maximum absolute atomic E-state index is 3.11. The third kappa shape index (κ3) is 16.7. The molecule has 0 bridgehead atoms. The Balaban J connectivity index is -0.0000000566. The molecule has 0 heterocycles. The Morgan fingerprint density at radius 2 is 1.20 bits per heavy atom. The van der Waals surface area contributed by atoms with Crippen LogP contribution in [0.1, 0.15) is 39.5 Å². The van der Waals surface area contributed by atoms with Gasteiger partial charge in [0.25, 0.3) is 0 Å². The molecule has 20 heavy (non-hydrogen) atoms. The van der Waals surface area contributed by atoms with Crippen LogP contribution in [-0.4, -0.2) is 6.88 Å². The summed E-state index contributed by atoms with van der Waals surface area (Å²) in [5, 5.41) is 0. The maximum atomic E-state index is 3.11. The Kier molecular flexibility index (Phi) is 40.1. The van der Waals surface area contributed by atoms with E-state index >= 15 is 0 Å². The van der Waals surface area contributed by atoms with Gasteiger partial charge < -0.3 is 14.9 Å². The molecule has 2 aliphatic rings. The zero-order valence-electron chi connectivity index (χ0n) is 13.2. The number of hydrogen-bond donors (Lipinski definition) is 0. The third-order valence-corrected chi connectivity index (χ3v) is 2.36. The van der Waals surface area contributed by atoms with E-state index in [0.717, 1.165) is 25.7 Å². The van der Waals surface area contributed by atoms with E-state index in [1.165, 1.54) is 11.1 Å². The summed E-state index contributed by atoms with van der Waals surface area (Å²) in [5.41, 5.74) is 2.86. The van der Waals surface area contributed by atoms with E-state index < -0.39 is 0 Å². The van der Waals surface area contributed by atoms with E-state index in [4.69, 9.17) is 0 Å². The third-order valence-electron chi connectivity index (χ3n) is 2.36. The number of hydrogen-bond acceptors (Lipinski definition) is 0. The van der Waals surface area contributed by atoms with Crippen LogP contribution in [0.5, 0.6) is 0 Å². The zero-order chi connectivity index (χ0) is 12.2. The molecule has 2 aliphatic carbocycles. The number of halogens is 2. The Morgan fingerprint density at radius 1 is 0.900 bits per heavy atom. The van der Waals surface area contributed by atoms with Gasteiger partial charge in [0.1, 0.15) is 0 Å². The second-order valence-corrected chi connectivity index (χ2v) is 3.37. The van der Waals surface area contributed by atoms with Crippen LogP contribution in [0.15, 0.2) is 35.5 Å². The van der Waals surface area contributed by atoms with Crippen molar-refractivity contribution in [1.82, 2.24) is 0 Å². The summed E-state index contributed by atoms with van der Waals surface area (Å²) >= 11 is 1.58.